The van der Waals surface area contributed by atoms with E-state index in [0.29, 0.717) is 5.16 Å². The van der Waals surface area contributed by atoms with Gasteiger partial charge in [-0.1, -0.05) is 23.9 Å². The van der Waals surface area contributed by atoms with E-state index in [1.807, 2.05) is 24.3 Å². The number of aromatic nitrogens is 3. The molecule has 0 radical (unpaired) electrons. The van der Waals surface area contributed by atoms with Crippen molar-refractivity contribution in [1.82, 2.24) is 19.7 Å². The third-order valence-corrected chi connectivity index (χ3v) is 6.02. The van der Waals surface area contributed by atoms with Gasteiger partial charge in [0.1, 0.15) is 17.3 Å². The highest BCUT2D eigenvalue weighted by Crippen LogP contribution is 2.41. The highest BCUT2D eigenvalue weighted by Gasteiger charge is 2.43. The van der Waals surface area contributed by atoms with Gasteiger partial charge in [-0.05, 0) is 30.5 Å². The lowest BCUT2D eigenvalue weighted by Crippen LogP contribution is -2.44. The Kier molecular flexibility index (Phi) is 4.49. The second-order valence-corrected chi connectivity index (χ2v) is 7.43. The number of piperidine rings is 1. The summed E-state index contributed by atoms with van der Waals surface area (Å²) in [6.45, 7) is 1.51. The summed E-state index contributed by atoms with van der Waals surface area (Å²) >= 11 is 1.46. The van der Waals surface area contributed by atoms with Crippen LogP contribution in [0.25, 0.3) is 0 Å². The lowest BCUT2D eigenvalue weighted by molar-refractivity contribution is 0.0551. The molecule has 7 nitrogen and oxygen atoms in total. The van der Waals surface area contributed by atoms with E-state index in [9.17, 15) is 9.90 Å². The van der Waals surface area contributed by atoms with Crippen molar-refractivity contribution >= 4 is 17.7 Å². The van der Waals surface area contributed by atoms with Gasteiger partial charge in [0.25, 0.3) is 5.91 Å². The Labute approximate surface area is 150 Å². The summed E-state index contributed by atoms with van der Waals surface area (Å²) < 4.78 is 6.76. The predicted octanol–water partition coefficient (Wildman–Crippen LogP) is 1.60. The normalized spacial score (nSPS) is 22.8. The molecule has 1 aromatic carbocycles. The Hall–Kier alpha value is -1.90. The van der Waals surface area contributed by atoms with E-state index in [0.717, 1.165) is 37.2 Å². The van der Waals surface area contributed by atoms with Crippen LogP contribution in [0.1, 0.15) is 29.2 Å². The van der Waals surface area contributed by atoms with Gasteiger partial charge in [-0.2, -0.15) is 9.78 Å². The largest absolute Gasteiger partial charge is 0.497 e. The Bertz CT molecular complexity index is 773. The van der Waals surface area contributed by atoms with Gasteiger partial charge in [0.05, 0.1) is 19.3 Å². The topological polar surface area (TPSA) is 80.5 Å². The van der Waals surface area contributed by atoms with Gasteiger partial charge in [-0.3, -0.25) is 9.69 Å². The molecule has 2 atom stereocenters. The zero-order valence-corrected chi connectivity index (χ0v) is 14.7. The molecule has 2 aliphatic rings. The van der Waals surface area contributed by atoms with E-state index in [2.05, 4.69) is 15.0 Å². The predicted molar refractivity (Wildman–Crippen MR) is 92.8 cm³/mol. The van der Waals surface area contributed by atoms with Crippen LogP contribution in [0.15, 0.2) is 35.7 Å². The first-order chi connectivity index (χ1) is 12.2. The van der Waals surface area contributed by atoms with Crippen LogP contribution < -0.4 is 4.74 Å². The van der Waals surface area contributed by atoms with Crippen molar-refractivity contribution in [2.24, 2.45) is 0 Å². The number of fused-ring (bicyclic) bond motifs is 1. The molecule has 25 heavy (non-hydrogen) atoms. The van der Waals surface area contributed by atoms with E-state index < -0.39 is 0 Å². The molecule has 132 valence electrons. The fourth-order valence-corrected chi connectivity index (χ4v) is 4.74. The summed E-state index contributed by atoms with van der Waals surface area (Å²) in [5.41, 5.74) is 1.03. The molecule has 4 rings (SSSR count). The second kappa shape index (κ2) is 6.78. The summed E-state index contributed by atoms with van der Waals surface area (Å²) in [5, 5.41) is 14.2. The zero-order chi connectivity index (χ0) is 17.4. The average Bonchev–Trinajstić information content (AvgIpc) is 3.21. The van der Waals surface area contributed by atoms with Crippen LogP contribution >= 0.6 is 11.8 Å². The van der Waals surface area contributed by atoms with Gasteiger partial charge in [-0.15, -0.1) is 0 Å². The van der Waals surface area contributed by atoms with Crippen molar-refractivity contribution < 1.29 is 14.6 Å². The number of likely N-dealkylation sites (tertiary alicyclic amines) is 1. The molecule has 2 aromatic rings. The number of aliphatic hydroxyl groups is 1. The number of aliphatic hydroxyl groups excluding tert-OH is 1. The minimum absolute atomic E-state index is 0.0450. The average molecular weight is 360 g/mol. The quantitative estimate of drug-likeness (QED) is 0.887. The van der Waals surface area contributed by atoms with Crippen LogP contribution in [0.3, 0.4) is 0 Å². The maximum atomic E-state index is 12.9. The maximum Gasteiger partial charge on any atom is 0.264 e. The number of rotatable bonds is 4. The molecule has 0 aliphatic carbocycles. The van der Waals surface area contributed by atoms with Crippen LogP contribution in [0.2, 0.25) is 0 Å². The number of thioether (sulfide) groups is 1. The number of ether oxygens (including phenoxy) is 1. The van der Waals surface area contributed by atoms with Crippen LogP contribution in [0, 0.1) is 0 Å². The number of hydrogen-bond donors (Lipinski definition) is 1. The van der Waals surface area contributed by atoms with Crippen molar-refractivity contribution in [3.05, 3.63) is 36.2 Å². The van der Waals surface area contributed by atoms with E-state index in [-0.39, 0.29) is 23.3 Å². The van der Waals surface area contributed by atoms with Gasteiger partial charge in [0, 0.05) is 13.1 Å². The van der Waals surface area contributed by atoms with E-state index in [4.69, 9.17) is 4.74 Å². The zero-order valence-electron chi connectivity index (χ0n) is 13.9. The lowest BCUT2D eigenvalue weighted by atomic mass is 9.97. The number of methoxy groups -OCH3 is 1. The van der Waals surface area contributed by atoms with Crippen molar-refractivity contribution in [3.8, 4) is 5.75 Å². The summed E-state index contributed by atoms with van der Waals surface area (Å²) in [5.74, 6) is 0.724. The SMILES string of the molecule is COc1cccc(C(C2Sc3ncnn3C2=O)N2CCC(O)CC2)c1. The molecule has 3 heterocycles. The summed E-state index contributed by atoms with van der Waals surface area (Å²) in [6, 6.07) is 7.75. The van der Waals surface area contributed by atoms with Crippen molar-refractivity contribution in [2.75, 3.05) is 20.2 Å². The minimum Gasteiger partial charge on any atom is -0.497 e. The maximum absolute atomic E-state index is 12.9. The number of nitrogens with zero attached hydrogens (tertiary/aromatic N) is 4. The van der Waals surface area contributed by atoms with Crippen molar-refractivity contribution in [1.29, 1.82) is 0 Å². The second-order valence-electron chi connectivity index (χ2n) is 6.32. The third-order valence-electron chi connectivity index (χ3n) is 4.82. The van der Waals surface area contributed by atoms with Crippen LogP contribution in [0.5, 0.6) is 5.75 Å². The number of hydrogen-bond acceptors (Lipinski definition) is 7. The standard InChI is InChI=1S/C17H20N4O3S/c1-24-13-4-2-3-11(9-13)14(20-7-5-12(22)6-8-20)15-16(23)21-17(25-15)18-10-19-21/h2-4,9-10,12,14-15,22H,5-8H2,1H3. The molecule has 8 heteroatoms. The van der Waals surface area contributed by atoms with E-state index >= 15 is 0 Å². The van der Waals surface area contributed by atoms with Crippen LogP contribution in [0.4, 0.5) is 0 Å². The van der Waals surface area contributed by atoms with Gasteiger partial charge in [0.15, 0.2) is 5.16 Å². The molecule has 0 saturated carbocycles. The molecule has 0 spiro atoms. The van der Waals surface area contributed by atoms with Gasteiger partial charge >= 0.3 is 0 Å². The molecule has 1 aromatic heterocycles. The first kappa shape index (κ1) is 16.6. The van der Waals surface area contributed by atoms with Gasteiger partial charge in [0.2, 0.25) is 0 Å². The Morgan fingerprint density at radius 2 is 2.16 bits per heavy atom. The molecular formula is C17H20N4O3S. The molecule has 0 amide bonds. The first-order valence-corrected chi connectivity index (χ1v) is 9.22. The first-order valence-electron chi connectivity index (χ1n) is 8.34. The van der Waals surface area contributed by atoms with Crippen molar-refractivity contribution in [2.45, 2.75) is 35.4 Å². The van der Waals surface area contributed by atoms with Crippen molar-refractivity contribution in [3.63, 3.8) is 0 Å². The highest BCUT2D eigenvalue weighted by molar-refractivity contribution is 8.00. The summed E-state index contributed by atoms with van der Waals surface area (Å²) in [4.78, 5) is 19.3. The third kappa shape index (κ3) is 3.05. The summed E-state index contributed by atoms with van der Waals surface area (Å²) in [7, 11) is 1.64. The fraction of sp³-hybridized carbons (Fsp3) is 0.471. The van der Waals surface area contributed by atoms with E-state index in [1.54, 1.807) is 7.11 Å². The van der Waals surface area contributed by atoms with Gasteiger partial charge in [-0.25, -0.2) is 4.98 Å². The molecule has 2 unspecified atom stereocenters. The van der Waals surface area contributed by atoms with Gasteiger partial charge < -0.3 is 9.84 Å². The summed E-state index contributed by atoms with van der Waals surface area (Å²) in [6.07, 6.45) is 2.59. The molecule has 2 aliphatic heterocycles. The Balaban J connectivity index is 1.69. The fourth-order valence-electron chi connectivity index (χ4n) is 3.51. The number of carbonyl (C=O) groups is 1. The smallest absolute Gasteiger partial charge is 0.264 e. The van der Waals surface area contributed by atoms with E-state index in [1.165, 1.54) is 22.8 Å². The Morgan fingerprint density at radius 1 is 1.36 bits per heavy atom. The molecule has 1 N–H and O–H groups in total. The minimum atomic E-state index is -0.307. The molecule has 0 bridgehead atoms. The highest BCUT2D eigenvalue weighted by atomic mass is 32.2. The molecule has 1 fully saturated rings. The monoisotopic (exact) mass is 360 g/mol. The number of carbonyl (C=O) groups excluding carboxylic acids is 1. The van der Waals surface area contributed by atoms with Crippen LogP contribution in [-0.2, 0) is 0 Å². The van der Waals surface area contributed by atoms with Crippen LogP contribution in [-0.4, -0.2) is 62.2 Å². The molecular weight excluding hydrogens is 340 g/mol. The molecule has 1 saturated heterocycles. The number of benzene rings is 1. The lowest BCUT2D eigenvalue weighted by Gasteiger charge is -2.38. The Morgan fingerprint density at radius 3 is 2.88 bits per heavy atom.